The highest BCUT2D eigenvalue weighted by atomic mass is 19.2. The smallest absolute Gasteiger partial charge is 0.449 e. The number of nitrogens with zero attached hydrogens (tertiary/aromatic N) is 3. The van der Waals surface area contributed by atoms with Gasteiger partial charge in [0.15, 0.2) is 23.2 Å². The number of aromatic nitrogens is 1. The Morgan fingerprint density at radius 1 is 1.03 bits per heavy atom. The molecule has 29 heavy (non-hydrogen) atoms. The second kappa shape index (κ2) is 6.38. The van der Waals surface area contributed by atoms with E-state index in [1.54, 1.807) is 4.90 Å². The molecule has 3 heterocycles. The van der Waals surface area contributed by atoms with Gasteiger partial charge < -0.3 is 19.3 Å². The fourth-order valence-electron chi connectivity index (χ4n) is 4.51. The van der Waals surface area contributed by atoms with Gasteiger partial charge in [0.2, 0.25) is 5.43 Å². The van der Waals surface area contributed by atoms with Crippen LogP contribution in [0.25, 0.3) is 10.9 Å². The molecule has 3 aliphatic rings. The molecule has 1 aromatic carbocycles. The molecule has 154 valence electrons. The maximum atomic E-state index is 15.7. The van der Waals surface area contributed by atoms with Gasteiger partial charge in [-0.25, -0.2) is 18.0 Å². The number of halogens is 3. The second-order valence-electron chi connectivity index (χ2n) is 7.78. The Bertz CT molecular complexity index is 1100. The third-order valence-electron chi connectivity index (χ3n) is 6.01. The van der Waals surface area contributed by atoms with E-state index in [4.69, 9.17) is 5.11 Å². The zero-order valence-electron chi connectivity index (χ0n) is 15.3. The lowest BCUT2D eigenvalue weighted by atomic mass is 10.1. The Hall–Kier alpha value is -2.75. The molecule has 1 aliphatic carbocycles. The van der Waals surface area contributed by atoms with Crippen molar-refractivity contribution in [2.45, 2.75) is 31.3 Å². The van der Waals surface area contributed by atoms with E-state index in [9.17, 15) is 9.59 Å². The largest absolute Gasteiger partial charge is 0.511 e. The summed E-state index contributed by atoms with van der Waals surface area (Å²) in [5.74, 6) is -4.58. The van der Waals surface area contributed by atoms with Crippen LogP contribution in [0.4, 0.5) is 23.7 Å². The third-order valence-corrected chi connectivity index (χ3v) is 6.01. The lowest BCUT2D eigenvalue weighted by Gasteiger charge is -2.36. The summed E-state index contributed by atoms with van der Waals surface area (Å²) >= 11 is 0. The quantitative estimate of drug-likeness (QED) is 0.621. The van der Waals surface area contributed by atoms with Crippen molar-refractivity contribution in [1.82, 2.24) is 9.47 Å². The highest BCUT2D eigenvalue weighted by molar-refractivity contribution is 5.86. The molecule has 2 atom stereocenters. The van der Waals surface area contributed by atoms with Crippen LogP contribution in [0, 0.1) is 17.5 Å². The maximum Gasteiger partial charge on any atom is 0.511 e. The molecule has 1 aromatic heterocycles. The summed E-state index contributed by atoms with van der Waals surface area (Å²) < 4.78 is 51.5. The van der Waals surface area contributed by atoms with Crippen LogP contribution >= 0.6 is 0 Å². The molecule has 0 radical (unpaired) electrons. The lowest BCUT2D eigenvalue weighted by molar-refractivity contribution is 0.143. The molecule has 1 N–H and O–H groups in total. The zero-order chi connectivity index (χ0) is 20.4. The highest BCUT2D eigenvalue weighted by Crippen LogP contribution is 2.42. The summed E-state index contributed by atoms with van der Waals surface area (Å²) in [6.45, 7) is 2.45. The molecule has 3 fully saturated rings. The standard InChI is InChI=1S/C19H18F3N3O4/c20-13-12-16(25(9-1-2-9)8-11(18(12)26)29-19(27)28)15(22)17(14(13)21)24-6-5-23-4-3-10(24)7-23/h8-10H,1-7H2,(H,27,28). The van der Waals surface area contributed by atoms with E-state index < -0.39 is 45.9 Å². The van der Waals surface area contributed by atoms with Crippen molar-refractivity contribution < 1.29 is 27.8 Å². The Morgan fingerprint density at radius 3 is 2.48 bits per heavy atom. The first-order valence-electron chi connectivity index (χ1n) is 9.52. The number of carbonyl (C=O) groups is 1. The number of rotatable bonds is 3. The summed E-state index contributed by atoms with van der Waals surface area (Å²) in [7, 11) is 0. The van der Waals surface area contributed by atoms with Gasteiger partial charge in [0, 0.05) is 38.3 Å². The number of piperazine rings is 1. The van der Waals surface area contributed by atoms with Crippen molar-refractivity contribution in [3.8, 4) is 5.75 Å². The number of anilines is 1. The van der Waals surface area contributed by atoms with Crippen LogP contribution in [0.15, 0.2) is 11.0 Å². The summed E-state index contributed by atoms with van der Waals surface area (Å²) in [6.07, 6.45) is 1.34. The number of benzene rings is 1. The Balaban J connectivity index is 1.78. The number of hydrogen-bond acceptors (Lipinski definition) is 5. The molecular weight excluding hydrogens is 391 g/mol. The highest BCUT2D eigenvalue weighted by Gasteiger charge is 2.38. The van der Waals surface area contributed by atoms with Crippen LogP contribution in [0.2, 0.25) is 0 Å². The van der Waals surface area contributed by atoms with Crippen LogP contribution in [-0.2, 0) is 0 Å². The van der Waals surface area contributed by atoms with Crippen LogP contribution in [0.5, 0.6) is 5.75 Å². The fourth-order valence-corrected chi connectivity index (χ4v) is 4.51. The summed E-state index contributed by atoms with van der Waals surface area (Å²) in [5, 5.41) is 8.02. The van der Waals surface area contributed by atoms with E-state index in [1.165, 1.54) is 4.57 Å². The Morgan fingerprint density at radius 2 is 1.79 bits per heavy atom. The predicted octanol–water partition coefficient (Wildman–Crippen LogP) is 2.70. The van der Waals surface area contributed by atoms with Crippen molar-refractivity contribution in [2.24, 2.45) is 0 Å². The second-order valence-corrected chi connectivity index (χ2v) is 7.78. The molecule has 2 aliphatic heterocycles. The summed E-state index contributed by atoms with van der Waals surface area (Å²) in [5.41, 5.74) is -1.99. The van der Waals surface area contributed by atoms with E-state index in [0.29, 0.717) is 32.5 Å². The molecule has 7 nitrogen and oxygen atoms in total. The number of fused-ring (bicyclic) bond motifs is 3. The minimum absolute atomic E-state index is 0.125. The SMILES string of the molecule is O=C(O)Oc1cn(C2CC2)c2c(F)c(N3CCN4CCC3C4)c(F)c(F)c2c1=O. The van der Waals surface area contributed by atoms with Crippen LogP contribution < -0.4 is 15.1 Å². The number of pyridine rings is 1. The van der Waals surface area contributed by atoms with E-state index in [-0.39, 0.29) is 17.6 Å². The van der Waals surface area contributed by atoms with E-state index in [1.807, 2.05) is 0 Å². The number of carboxylic acid groups (broad SMARTS) is 1. The van der Waals surface area contributed by atoms with Gasteiger partial charge in [0.1, 0.15) is 5.69 Å². The van der Waals surface area contributed by atoms with Crippen molar-refractivity contribution in [1.29, 1.82) is 0 Å². The lowest BCUT2D eigenvalue weighted by Crippen LogP contribution is -2.47. The van der Waals surface area contributed by atoms with E-state index in [0.717, 1.165) is 19.2 Å². The van der Waals surface area contributed by atoms with Gasteiger partial charge in [-0.1, -0.05) is 0 Å². The van der Waals surface area contributed by atoms with Crippen molar-refractivity contribution >= 4 is 22.7 Å². The predicted molar refractivity (Wildman–Crippen MR) is 97.2 cm³/mol. The van der Waals surface area contributed by atoms with Gasteiger partial charge in [-0.2, -0.15) is 0 Å². The Labute approximate surface area is 162 Å². The molecule has 10 heteroatoms. The maximum absolute atomic E-state index is 15.7. The van der Waals surface area contributed by atoms with E-state index >= 15 is 13.2 Å². The minimum Gasteiger partial charge on any atom is -0.449 e. The summed E-state index contributed by atoms with van der Waals surface area (Å²) in [4.78, 5) is 27.2. The van der Waals surface area contributed by atoms with Crippen molar-refractivity contribution in [3.63, 3.8) is 0 Å². The van der Waals surface area contributed by atoms with Gasteiger partial charge >= 0.3 is 6.16 Å². The average molecular weight is 409 g/mol. The van der Waals surface area contributed by atoms with Gasteiger partial charge in [-0.05, 0) is 19.3 Å². The third kappa shape index (κ3) is 2.77. The topological polar surface area (TPSA) is 75.0 Å². The minimum atomic E-state index is -1.76. The monoisotopic (exact) mass is 409 g/mol. The molecule has 5 rings (SSSR count). The van der Waals surface area contributed by atoms with Crippen molar-refractivity contribution in [2.75, 3.05) is 31.1 Å². The van der Waals surface area contributed by atoms with Crippen LogP contribution in [0.3, 0.4) is 0 Å². The first-order chi connectivity index (χ1) is 13.9. The Kier molecular flexibility index (Phi) is 4.02. The van der Waals surface area contributed by atoms with Gasteiger partial charge in [0.25, 0.3) is 0 Å². The van der Waals surface area contributed by atoms with Crippen LogP contribution in [0.1, 0.15) is 25.3 Å². The van der Waals surface area contributed by atoms with E-state index in [2.05, 4.69) is 9.64 Å². The van der Waals surface area contributed by atoms with Crippen LogP contribution in [-0.4, -0.2) is 52.9 Å². The molecule has 2 aromatic rings. The molecule has 0 amide bonds. The molecule has 2 saturated heterocycles. The fraction of sp³-hybridized carbons (Fsp3) is 0.474. The molecule has 2 bridgehead atoms. The first kappa shape index (κ1) is 18.3. The van der Waals surface area contributed by atoms with Crippen molar-refractivity contribution in [3.05, 3.63) is 33.9 Å². The molecular formula is C19H18F3N3O4. The molecule has 1 saturated carbocycles. The summed E-state index contributed by atoms with van der Waals surface area (Å²) in [6, 6.07) is -0.356. The number of hydrogen-bond donors (Lipinski definition) is 1. The van der Waals surface area contributed by atoms with Gasteiger partial charge in [0.05, 0.1) is 17.1 Å². The van der Waals surface area contributed by atoms with Gasteiger partial charge in [-0.3, -0.25) is 9.69 Å². The van der Waals surface area contributed by atoms with Gasteiger partial charge in [-0.15, -0.1) is 0 Å². The number of ether oxygens (including phenoxy) is 1. The zero-order valence-corrected chi connectivity index (χ0v) is 15.3. The average Bonchev–Trinajstić information content (AvgIpc) is 3.45. The molecule has 0 spiro atoms. The molecule has 2 unspecified atom stereocenters. The first-order valence-corrected chi connectivity index (χ1v) is 9.52. The normalized spacial score (nSPS) is 23.6.